The highest BCUT2D eigenvalue weighted by atomic mass is 16.5. The average Bonchev–Trinajstić information content (AvgIpc) is 2.85. The molecule has 0 atom stereocenters. The number of nitrogens with one attached hydrogen (secondary N) is 1. The number of rotatable bonds is 5. The molecular formula is C25H23N5O3. The molecule has 33 heavy (non-hydrogen) atoms. The second kappa shape index (κ2) is 9.30. The van der Waals surface area contributed by atoms with E-state index in [2.05, 4.69) is 20.3 Å². The summed E-state index contributed by atoms with van der Waals surface area (Å²) in [4.78, 5) is 30.3. The number of fused-ring (bicyclic) bond motifs is 1. The van der Waals surface area contributed by atoms with E-state index in [1.54, 1.807) is 18.5 Å². The molecule has 0 spiro atoms. The van der Waals surface area contributed by atoms with Crippen LogP contribution in [-0.4, -0.2) is 45.2 Å². The van der Waals surface area contributed by atoms with Crippen molar-refractivity contribution in [2.45, 2.75) is 25.9 Å². The Morgan fingerprint density at radius 2 is 1.97 bits per heavy atom. The maximum Gasteiger partial charge on any atom is 0.255 e. The standard InChI is InChI=1S/C25H23N5O3/c1-16-3-2-4-17(11-16)24(31)29-19-12-18(13-26-14-19)21-5-6-22-23(30-21)25(28-15-27-22)33-20-7-9-32-10-8-20/h2-6,11-15,20H,7-10H2,1H3,(H,29,31). The van der Waals surface area contributed by atoms with Gasteiger partial charge in [0.1, 0.15) is 12.4 Å². The Labute approximate surface area is 191 Å². The summed E-state index contributed by atoms with van der Waals surface area (Å²) in [6, 6.07) is 13.0. The van der Waals surface area contributed by atoms with Crippen LogP contribution in [0.25, 0.3) is 22.3 Å². The Morgan fingerprint density at radius 3 is 2.82 bits per heavy atom. The molecule has 0 unspecified atom stereocenters. The summed E-state index contributed by atoms with van der Waals surface area (Å²) in [6.45, 7) is 3.31. The molecule has 1 aliphatic heterocycles. The van der Waals surface area contributed by atoms with E-state index in [1.807, 2.05) is 43.3 Å². The van der Waals surface area contributed by atoms with Crippen molar-refractivity contribution in [3.63, 3.8) is 0 Å². The first-order valence-electron chi connectivity index (χ1n) is 10.9. The number of hydrogen-bond acceptors (Lipinski definition) is 7. The molecule has 1 N–H and O–H groups in total. The van der Waals surface area contributed by atoms with E-state index in [1.165, 1.54) is 6.33 Å². The van der Waals surface area contributed by atoms with Crippen molar-refractivity contribution in [2.75, 3.05) is 18.5 Å². The highest BCUT2D eigenvalue weighted by molar-refractivity contribution is 6.04. The van der Waals surface area contributed by atoms with Crippen LogP contribution in [0.15, 0.2) is 61.2 Å². The van der Waals surface area contributed by atoms with Crippen molar-refractivity contribution < 1.29 is 14.3 Å². The second-order valence-corrected chi connectivity index (χ2v) is 7.96. The van der Waals surface area contributed by atoms with Gasteiger partial charge in [0.2, 0.25) is 5.88 Å². The molecule has 8 heteroatoms. The molecule has 8 nitrogen and oxygen atoms in total. The van der Waals surface area contributed by atoms with Crippen molar-refractivity contribution in [1.82, 2.24) is 19.9 Å². The zero-order valence-corrected chi connectivity index (χ0v) is 18.2. The van der Waals surface area contributed by atoms with Gasteiger partial charge in [0.25, 0.3) is 5.91 Å². The van der Waals surface area contributed by atoms with E-state index in [-0.39, 0.29) is 12.0 Å². The molecule has 166 valence electrons. The normalized spacial score (nSPS) is 14.2. The van der Waals surface area contributed by atoms with E-state index in [0.29, 0.717) is 47.1 Å². The van der Waals surface area contributed by atoms with E-state index < -0.39 is 0 Å². The molecule has 0 bridgehead atoms. The fourth-order valence-electron chi connectivity index (χ4n) is 3.75. The molecule has 0 radical (unpaired) electrons. The Bertz CT molecular complexity index is 1300. The van der Waals surface area contributed by atoms with Crippen LogP contribution in [-0.2, 0) is 4.74 Å². The molecule has 4 heterocycles. The lowest BCUT2D eigenvalue weighted by Gasteiger charge is -2.22. The van der Waals surface area contributed by atoms with Gasteiger partial charge in [-0.3, -0.25) is 9.78 Å². The van der Waals surface area contributed by atoms with Gasteiger partial charge in [0.15, 0.2) is 5.52 Å². The lowest BCUT2D eigenvalue weighted by molar-refractivity contribution is 0.0243. The van der Waals surface area contributed by atoms with Crippen molar-refractivity contribution in [3.05, 3.63) is 72.3 Å². The van der Waals surface area contributed by atoms with E-state index in [9.17, 15) is 4.79 Å². The lowest BCUT2D eigenvalue weighted by Crippen LogP contribution is -2.26. The molecule has 0 saturated carbocycles. The monoisotopic (exact) mass is 441 g/mol. The third-order valence-electron chi connectivity index (χ3n) is 5.47. The Balaban J connectivity index is 1.42. The summed E-state index contributed by atoms with van der Waals surface area (Å²) in [5.41, 5.74) is 4.95. The van der Waals surface area contributed by atoms with Crippen LogP contribution in [0.3, 0.4) is 0 Å². The number of amides is 1. The number of aryl methyl sites for hydroxylation is 1. The summed E-state index contributed by atoms with van der Waals surface area (Å²) in [7, 11) is 0. The molecule has 1 aromatic carbocycles. The molecule has 5 rings (SSSR count). The lowest BCUT2D eigenvalue weighted by atomic mass is 10.1. The first kappa shape index (κ1) is 21.0. The van der Waals surface area contributed by atoms with Crippen molar-refractivity contribution in [1.29, 1.82) is 0 Å². The number of anilines is 1. The molecule has 1 aliphatic rings. The molecule has 3 aromatic heterocycles. The zero-order chi connectivity index (χ0) is 22.6. The summed E-state index contributed by atoms with van der Waals surface area (Å²) >= 11 is 0. The Morgan fingerprint density at radius 1 is 1.09 bits per heavy atom. The first-order valence-corrected chi connectivity index (χ1v) is 10.9. The first-order chi connectivity index (χ1) is 16.2. The SMILES string of the molecule is Cc1cccc(C(=O)Nc2cncc(-c3ccc4ncnc(OC5CCOCC5)c4n3)c2)c1. The third-order valence-corrected chi connectivity index (χ3v) is 5.47. The summed E-state index contributed by atoms with van der Waals surface area (Å²) in [5.74, 6) is 0.273. The van der Waals surface area contributed by atoms with Gasteiger partial charge < -0.3 is 14.8 Å². The number of carbonyl (C=O) groups is 1. The van der Waals surface area contributed by atoms with E-state index >= 15 is 0 Å². The van der Waals surface area contributed by atoms with Crippen LogP contribution in [0.1, 0.15) is 28.8 Å². The van der Waals surface area contributed by atoms with Gasteiger partial charge in [-0.2, -0.15) is 4.98 Å². The highest BCUT2D eigenvalue weighted by Crippen LogP contribution is 2.27. The maximum atomic E-state index is 12.6. The summed E-state index contributed by atoms with van der Waals surface area (Å²) < 4.78 is 11.5. The van der Waals surface area contributed by atoms with Crippen LogP contribution in [0.2, 0.25) is 0 Å². The topological polar surface area (TPSA) is 99.1 Å². The van der Waals surface area contributed by atoms with Gasteiger partial charge in [0, 0.05) is 30.2 Å². The number of ether oxygens (including phenoxy) is 2. The van der Waals surface area contributed by atoms with Crippen LogP contribution >= 0.6 is 0 Å². The second-order valence-electron chi connectivity index (χ2n) is 7.96. The molecule has 1 fully saturated rings. The van der Waals surface area contributed by atoms with Crippen LogP contribution in [0, 0.1) is 6.92 Å². The van der Waals surface area contributed by atoms with Gasteiger partial charge in [-0.25, -0.2) is 9.97 Å². The predicted molar refractivity (Wildman–Crippen MR) is 124 cm³/mol. The van der Waals surface area contributed by atoms with Crippen LogP contribution in [0.5, 0.6) is 5.88 Å². The Kier molecular flexibility index (Phi) is 5.91. The van der Waals surface area contributed by atoms with Gasteiger partial charge in [-0.15, -0.1) is 0 Å². The predicted octanol–water partition coefficient (Wildman–Crippen LogP) is 4.21. The zero-order valence-electron chi connectivity index (χ0n) is 18.2. The molecule has 0 aliphatic carbocycles. The number of aromatic nitrogens is 4. The van der Waals surface area contributed by atoms with E-state index in [4.69, 9.17) is 14.5 Å². The summed E-state index contributed by atoms with van der Waals surface area (Å²) in [5, 5.41) is 2.91. The fraction of sp³-hybridized carbons (Fsp3) is 0.240. The number of hydrogen-bond donors (Lipinski definition) is 1. The van der Waals surface area contributed by atoms with Crippen molar-refractivity contribution in [3.8, 4) is 17.1 Å². The van der Waals surface area contributed by atoms with Gasteiger partial charge in [-0.1, -0.05) is 17.7 Å². The largest absolute Gasteiger partial charge is 0.473 e. The smallest absolute Gasteiger partial charge is 0.255 e. The molecule has 4 aromatic rings. The minimum atomic E-state index is -0.190. The van der Waals surface area contributed by atoms with E-state index in [0.717, 1.165) is 24.0 Å². The molecular weight excluding hydrogens is 418 g/mol. The maximum absolute atomic E-state index is 12.6. The van der Waals surface area contributed by atoms with Crippen molar-refractivity contribution >= 4 is 22.6 Å². The summed E-state index contributed by atoms with van der Waals surface area (Å²) in [6.07, 6.45) is 6.49. The minimum absolute atomic E-state index is 0.0455. The average molecular weight is 441 g/mol. The van der Waals surface area contributed by atoms with Gasteiger partial charge in [-0.05, 0) is 37.3 Å². The van der Waals surface area contributed by atoms with Crippen LogP contribution in [0.4, 0.5) is 5.69 Å². The number of benzene rings is 1. The molecule has 1 saturated heterocycles. The molecule has 1 amide bonds. The minimum Gasteiger partial charge on any atom is -0.473 e. The van der Waals surface area contributed by atoms with Gasteiger partial charge >= 0.3 is 0 Å². The fourth-order valence-corrected chi connectivity index (χ4v) is 3.75. The van der Waals surface area contributed by atoms with Gasteiger partial charge in [0.05, 0.1) is 36.3 Å². The number of pyridine rings is 2. The number of carbonyl (C=O) groups excluding carboxylic acids is 1. The Hall–Kier alpha value is -3.91. The quantitative estimate of drug-likeness (QED) is 0.495. The highest BCUT2D eigenvalue weighted by Gasteiger charge is 2.18. The third kappa shape index (κ3) is 4.80. The number of nitrogens with zero attached hydrogens (tertiary/aromatic N) is 4. The van der Waals surface area contributed by atoms with Crippen molar-refractivity contribution in [2.24, 2.45) is 0 Å². The van der Waals surface area contributed by atoms with Crippen LogP contribution < -0.4 is 10.1 Å².